The molecule has 0 bridgehead atoms. The first-order valence-electron chi connectivity index (χ1n) is 3.69. The van der Waals surface area contributed by atoms with Crippen molar-refractivity contribution in [1.29, 1.82) is 0 Å². The highest BCUT2D eigenvalue weighted by Crippen LogP contribution is 2.20. The van der Waals surface area contributed by atoms with Crippen molar-refractivity contribution in [1.82, 2.24) is 4.90 Å². The summed E-state index contributed by atoms with van der Waals surface area (Å²) in [5.74, 6) is -0.103. The van der Waals surface area contributed by atoms with Gasteiger partial charge in [-0.1, -0.05) is 12.2 Å². The second kappa shape index (κ2) is 2.99. The number of rotatable bonds is 2. The van der Waals surface area contributed by atoms with E-state index < -0.39 is 5.60 Å². The smallest absolute Gasteiger partial charge is 0.229 e. The van der Waals surface area contributed by atoms with E-state index in [-0.39, 0.29) is 17.3 Å². The van der Waals surface area contributed by atoms with E-state index in [1.165, 1.54) is 0 Å². The number of thiocarbonyl (C=S) groups is 1. The lowest BCUT2D eigenvalue weighted by atomic mass is 9.97. The summed E-state index contributed by atoms with van der Waals surface area (Å²) in [6.07, 6.45) is 0.103. The van der Waals surface area contributed by atoms with E-state index in [0.717, 1.165) is 0 Å². The predicted molar refractivity (Wildman–Crippen MR) is 48.6 cm³/mol. The first-order valence-corrected chi connectivity index (χ1v) is 4.10. The zero-order valence-electron chi connectivity index (χ0n) is 6.91. The molecule has 5 heteroatoms. The minimum Gasteiger partial charge on any atom is -0.393 e. The van der Waals surface area contributed by atoms with Crippen molar-refractivity contribution < 1.29 is 9.90 Å². The molecule has 0 atom stereocenters. The van der Waals surface area contributed by atoms with Crippen LogP contribution in [0.1, 0.15) is 13.3 Å². The Bertz CT molecular complexity index is 219. The van der Waals surface area contributed by atoms with E-state index in [0.29, 0.717) is 13.1 Å². The third-order valence-corrected chi connectivity index (χ3v) is 1.89. The maximum atomic E-state index is 11.2. The summed E-state index contributed by atoms with van der Waals surface area (Å²) in [5.41, 5.74) is 4.48. The molecule has 12 heavy (non-hydrogen) atoms. The molecule has 1 fully saturated rings. The third kappa shape index (κ3) is 2.15. The molecule has 4 nitrogen and oxygen atoms in total. The van der Waals surface area contributed by atoms with Crippen LogP contribution in [0.3, 0.4) is 0 Å². The molecule has 3 N–H and O–H groups in total. The summed E-state index contributed by atoms with van der Waals surface area (Å²) in [6, 6.07) is 0. The topological polar surface area (TPSA) is 66.6 Å². The van der Waals surface area contributed by atoms with Gasteiger partial charge in [-0.05, 0) is 6.92 Å². The lowest BCUT2D eigenvalue weighted by molar-refractivity contribution is -0.150. The maximum Gasteiger partial charge on any atom is 0.229 e. The number of nitrogens with zero attached hydrogens (tertiary/aromatic N) is 1. The van der Waals surface area contributed by atoms with Gasteiger partial charge in [0, 0.05) is 0 Å². The van der Waals surface area contributed by atoms with Crippen molar-refractivity contribution in [3.8, 4) is 0 Å². The van der Waals surface area contributed by atoms with Gasteiger partial charge in [0.1, 0.15) is 0 Å². The van der Waals surface area contributed by atoms with Crippen LogP contribution < -0.4 is 5.73 Å². The van der Waals surface area contributed by atoms with Crippen molar-refractivity contribution in [2.45, 2.75) is 18.9 Å². The van der Waals surface area contributed by atoms with Crippen LogP contribution in [0, 0.1) is 0 Å². The van der Waals surface area contributed by atoms with Crippen LogP contribution in [0.25, 0.3) is 0 Å². The van der Waals surface area contributed by atoms with E-state index in [1.807, 2.05) is 0 Å². The summed E-state index contributed by atoms with van der Waals surface area (Å²) in [4.78, 5) is 12.9. The van der Waals surface area contributed by atoms with Gasteiger partial charge in [0.25, 0.3) is 0 Å². The zero-order valence-corrected chi connectivity index (χ0v) is 7.73. The second-order valence-corrected chi connectivity index (χ2v) is 3.91. The Morgan fingerprint density at radius 3 is 2.58 bits per heavy atom. The van der Waals surface area contributed by atoms with Crippen molar-refractivity contribution in [3.05, 3.63) is 0 Å². The van der Waals surface area contributed by atoms with Crippen molar-refractivity contribution in [2.24, 2.45) is 5.73 Å². The summed E-state index contributed by atoms with van der Waals surface area (Å²) in [7, 11) is 0. The van der Waals surface area contributed by atoms with Gasteiger partial charge in [0.2, 0.25) is 5.91 Å². The number of hydrogen-bond donors (Lipinski definition) is 2. The summed E-state index contributed by atoms with van der Waals surface area (Å²) < 4.78 is 0. The standard InChI is InChI=1S/C7H12N2O2S/c1-7(11)3-9(4-7)6(10)2-5(8)12/h11H,2-4H2,1H3,(H2,8,12). The molecule has 0 aliphatic carbocycles. The van der Waals surface area contributed by atoms with Gasteiger partial charge in [-0.25, -0.2) is 0 Å². The monoisotopic (exact) mass is 188 g/mol. The molecule has 1 rings (SSSR count). The Labute approximate surface area is 76.3 Å². The molecule has 1 aliphatic heterocycles. The minimum absolute atomic E-state index is 0.103. The van der Waals surface area contributed by atoms with Crippen molar-refractivity contribution in [3.63, 3.8) is 0 Å². The molecule has 68 valence electrons. The lowest BCUT2D eigenvalue weighted by Crippen LogP contribution is -2.62. The van der Waals surface area contributed by atoms with Gasteiger partial charge in [-0.2, -0.15) is 0 Å². The highest BCUT2D eigenvalue weighted by molar-refractivity contribution is 7.80. The molecule has 0 aromatic rings. The van der Waals surface area contributed by atoms with Crippen LogP contribution in [-0.4, -0.2) is 39.6 Å². The molecule has 1 saturated heterocycles. The maximum absolute atomic E-state index is 11.2. The number of carbonyl (C=O) groups excluding carboxylic acids is 1. The second-order valence-electron chi connectivity index (χ2n) is 3.39. The first kappa shape index (κ1) is 9.41. The molecule has 0 saturated carbocycles. The Balaban J connectivity index is 2.33. The normalized spacial score (nSPS) is 20.0. The quantitative estimate of drug-likeness (QED) is 0.560. The molecular weight excluding hydrogens is 176 g/mol. The molecule has 0 aromatic heterocycles. The lowest BCUT2D eigenvalue weighted by Gasteiger charge is -2.44. The molecule has 0 radical (unpaired) electrons. The van der Waals surface area contributed by atoms with E-state index in [9.17, 15) is 9.90 Å². The van der Waals surface area contributed by atoms with E-state index in [1.54, 1.807) is 11.8 Å². The fraction of sp³-hybridized carbons (Fsp3) is 0.714. The zero-order chi connectivity index (χ0) is 9.35. The van der Waals surface area contributed by atoms with Gasteiger partial charge in [0.05, 0.1) is 30.1 Å². The van der Waals surface area contributed by atoms with E-state index in [2.05, 4.69) is 12.2 Å². The highest BCUT2D eigenvalue weighted by atomic mass is 32.1. The Morgan fingerprint density at radius 2 is 2.25 bits per heavy atom. The van der Waals surface area contributed by atoms with E-state index >= 15 is 0 Å². The predicted octanol–water partition coefficient (Wildman–Crippen LogP) is -0.744. The average molecular weight is 188 g/mol. The van der Waals surface area contributed by atoms with Gasteiger partial charge in [-0.3, -0.25) is 4.79 Å². The van der Waals surface area contributed by atoms with Crippen LogP contribution >= 0.6 is 12.2 Å². The fourth-order valence-electron chi connectivity index (χ4n) is 1.21. The highest BCUT2D eigenvalue weighted by Gasteiger charge is 2.39. The molecule has 1 heterocycles. The largest absolute Gasteiger partial charge is 0.393 e. The van der Waals surface area contributed by atoms with Gasteiger partial charge < -0.3 is 15.7 Å². The molecule has 1 amide bonds. The minimum atomic E-state index is -0.716. The summed E-state index contributed by atoms with van der Waals surface area (Å²) in [5, 5.41) is 9.31. The Kier molecular flexibility index (Phi) is 2.34. The van der Waals surface area contributed by atoms with Gasteiger partial charge >= 0.3 is 0 Å². The number of amides is 1. The number of hydrogen-bond acceptors (Lipinski definition) is 3. The average Bonchev–Trinajstić information content (AvgIpc) is 1.80. The van der Waals surface area contributed by atoms with Crippen molar-refractivity contribution in [2.75, 3.05) is 13.1 Å². The molecule has 0 aromatic carbocycles. The SMILES string of the molecule is CC1(O)CN(C(=O)CC(N)=S)C1. The third-order valence-electron chi connectivity index (χ3n) is 1.74. The van der Waals surface area contributed by atoms with Crippen LogP contribution in [0.15, 0.2) is 0 Å². The van der Waals surface area contributed by atoms with Crippen LogP contribution in [0.4, 0.5) is 0 Å². The number of aliphatic hydroxyl groups is 1. The van der Waals surface area contributed by atoms with Gasteiger partial charge in [0.15, 0.2) is 0 Å². The number of carbonyl (C=O) groups is 1. The number of likely N-dealkylation sites (tertiary alicyclic amines) is 1. The summed E-state index contributed by atoms with van der Waals surface area (Å²) >= 11 is 4.59. The van der Waals surface area contributed by atoms with E-state index in [4.69, 9.17) is 5.73 Å². The fourth-order valence-corrected chi connectivity index (χ4v) is 1.34. The molecule has 0 unspecified atom stereocenters. The van der Waals surface area contributed by atoms with Crippen molar-refractivity contribution >= 4 is 23.1 Å². The van der Waals surface area contributed by atoms with Crippen LogP contribution in [0.2, 0.25) is 0 Å². The number of nitrogens with two attached hydrogens (primary N) is 1. The van der Waals surface area contributed by atoms with Crippen LogP contribution in [-0.2, 0) is 4.79 Å². The molecular formula is C7H12N2O2S. The Hall–Kier alpha value is -0.680. The summed E-state index contributed by atoms with van der Waals surface area (Å²) in [6.45, 7) is 2.46. The van der Waals surface area contributed by atoms with Gasteiger partial charge in [-0.15, -0.1) is 0 Å². The molecule has 1 aliphatic rings. The number of β-amino-alcohol motifs (C(OH)–C–C–N with tert-alkyl or cyclic N) is 1. The molecule has 0 spiro atoms. The van der Waals surface area contributed by atoms with Crippen LogP contribution in [0.5, 0.6) is 0 Å². The first-order chi connectivity index (χ1) is 5.41. The Morgan fingerprint density at radius 1 is 1.75 bits per heavy atom.